The summed E-state index contributed by atoms with van der Waals surface area (Å²) in [7, 11) is 0. The molecule has 2 saturated heterocycles. The van der Waals surface area contributed by atoms with Crippen molar-refractivity contribution in [3.05, 3.63) is 46.0 Å². The van der Waals surface area contributed by atoms with Gasteiger partial charge in [-0.1, -0.05) is 0 Å². The lowest BCUT2D eigenvalue weighted by Crippen LogP contribution is -2.60. The summed E-state index contributed by atoms with van der Waals surface area (Å²) in [6, 6.07) is 4.61. The van der Waals surface area contributed by atoms with E-state index in [-0.39, 0.29) is 28.9 Å². The molecule has 0 aliphatic carbocycles. The Bertz CT molecular complexity index is 939. The summed E-state index contributed by atoms with van der Waals surface area (Å²) in [5, 5.41) is 0.472. The predicted octanol–water partition coefficient (Wildman–Crippen LogP) is 1.50. The van der Waals surface area contributed by atoms with Crippen LogP contribution in [0.1, 0.15) is 30.1 Å². The second kappa shape index (κ2) is 5.68. The number of aromatic nitrogens is 1. The SMILES string of the molecule is C[C@H]1C(=O)N2CCC[C@@H]2CN1C(=O)c1cc(=O)[nH]c2cc(F)ccc12. The smallest absolute Gasteiger partial charge is 0.255 e. The van der Waals surface area contributed by atoms with E-state index in [1.54, 1.807) is 6.92 Å². The highest BCUT2D eigenvalue weighted by atomic mass is 19.1. The van der Waals surface area contributed by atoms with Crippen molar-refractivity contribution in [3.63, 3.8) is 0 Å². The molecule has 2 amide bonds. The summed E-state index contributed by atoms with van der Waals surface area (Å²) in [5.74, 6) is -0.909. The van der Waals surface area contributed by atoms with Gasteiger partial charge in [-0.15, -0.1) is 0 Å². The molecule has 0 unspecified atom stereocenters. The lowest BCUT2D eigenvalue weighted by molar-refractivity contribution is -0.141. The Labute approximate surface area is 143 Å². The number of amides is 2. The van der Waals surface area contributed by atoms with Crippen LogP contribution in [0, 0.1) is 5.82 Å². The highest BCUT2D eigenvalue weighted by molar-refractivity contribution is 6.07. The van der Waals surface area contributed by atoms with Gasteiger partial charge >= 0.3 is 0 Å². The quantitative estimate of drug-likeness (QED) is 0.853. The summed E-state index contributed by atoms with van der Waals surface area (Å²) in [6.45, 7) is 2.91. The van der Waals surface area contributed by atoms with E-state index in [0.29, 0.717) is 11.9 Å². The first kappa shape index (κ1) is 15.8. The highest BCUT2D eigenvalue weighted by Gasteiger charge is 2.42. The van der Waals surface area contributed by atoms with Gasteiger partial charge in [0.05, 0.1) is 11.1 Å². The van der Waals surface area contributed by atoms with Crippen LogP contribution in [0.25, 0.3) is 10.9 Å². The fourth-order valence-electron chi connectivity index (χ4n) is 3.90. The molecule has 130 valence electrons. The van der Waals surface area contributed by atoms with Gasteiger partial charge in [0.25, 0.3) is 5.91 Å². The molecule has 1 aromatic heterocycles. The van der Waals surface area contributed by atoms with Crippen LogP contribution in [-0.4, -0.2) is 51.8 Å². The molecule has 4 rings (SSSR count). The molecule has 0 saturated carbocycles. The number of H-pyrrole nitrogens is 1. The monoisotopic (exact) mass is 343 g/mol. The number of carbonyl (C=O) groups excluding carboxylic acids is 2. The van der Waals surface area contributed by atoms with Gasteiger partial charge in [0, 0.05) is 30.6 Å². The van der Waals surface area contributed by atoms with Crippen molar-refractivity contribution in [3.8, 4) is 0 Å². The fourth-order valence-corrected chi connectivity index (χ4v) is 3.90. The summed E-state index contributed by atoms with van der Waals surface area (Å²) >= 11 is 0. The minimum atomic E-state index is -0.573. The molecular weight excluding hydrogens is 325 g/mol. The minimum Gasteiger partial charge on any atom is -0.336 e. The number of piperazine rings is 1. The number of carbonyl (C=O) groups is 2. The second-order valence-corrected chi connectivity index (χ2v) is 6.70. The van der Waals surface area contributed by atoms with Crippen molar-refractivity contribution in [1.29, 1.82) is 0 Å². The van der Waals surface area contributed by atoms with E-state index in [9.17, 15) is 18.8 Å². The maximum absolute atomic E-state index is 13.4. The largest absolute Gasteiger partial charge is 0.336 e. The van der Waals surface area contributed by atoms with Gasteiger partial charge in [-0.25, -0.2) is 4.39 Å². The summed E-state index contributed by atoms with van der Waals surface area (Å²) in [4.78, 5) is 43.5. The Balaban J connectivity index is 1.77. The molecule has 0 spiro atoms. The molecule has 2 fully saturated rings. The Hall–Kier alpha value is -2.70. The van der Waals surface area contributed by atoms with E-state index in [1.807, 2.05) is 4.90 Å². The van der Waals surface area contributed by atoms with Crippen LogP contribution in [-0.2, 0) is 4.79 Å². The Morgan fingerprint density at radius 2 is 2.08 bits per heavy atom. The van der Waals surface area contributed by atoms with E-state index in [2.05, 4.69) is 4.98 Å². The van der Waals surface area contributed by atoms with Gasteiger partial charge < -0.3 is 14.8 Å². The highest BCUT2D eigenvalue weighted by Crippen LogP contribution is 2.28. The summed E-state index contributed by atoms with van der Waals surface area (Å²) < 4.78 is 13.4. The first-order chi connectivity index (χ1) is 12.0. The molecule has 0 bridgehead atoms. The first-order valence-corrected chi connectivity index (χ1v) is 8.40. The number of rotatable bonds is 1. The Morgan fingerprint density at radius 1 is 1.28 bits per heavy atom. The molecule has 7 heteroatoms. The van der Waals surface area contributed by atoms with Crippen LogP contribution in [0.5, 0.6) is 0 Å². The molecule has 1 aromatic carbocycles. The number of pyridine rings is 1. The number of hydrogen-bond donors (Lipinski definition) is 1. The first-order valence-electron chi connectivity index (χ1n) is 8.40. The molecule has 2 aliphatic heterocycles. The van der Waals surface area contributed by atoms with Crippen LogP contribution in [0.2, 0.25) is 0 Å². The van der Waals surface area contributed by atoms with Crippen molar-refractivity contribution in [2.24, 2.45) is 0 Å². The van der Waals surface area contributed by atoms with E-state index < -0.39 is 17.4 Å². The van der Waals surface area contributed by atoms with Gasteiger partial charge in [-0.3, -0.25) is 14.4 Å². The van der Waals surface area contributed by atoms with Crippen LogP contribution >= 0.6 is 0 Å². The van der Waals surface area contributed by atoms with E-state index in [4.69, 9.17) is 0 Å². The predicted molar refractivity (Wildman–Crippen MR) is 89.8 cm³/mol. The summed E-state index contributed by atoms with van der Waals surface area (Å²) in [5.41, 5.74) is -0.000823. The van der Waals surface area contributed by atoms with Gasteiger partial charge in [0.2, 0.25) is 11.5 Å². The van der Waals surface area contributed by atoms with E-state index in [0.717, 1.165) is 19.4 Å². The van der Waals surface area contributed by atoms with E-state index >= 15 is 0 Å². The van der Waals surface area contributed by atoms with Crippen LogP contribution in [0.15, 0.2) is 29.1 Å². The van der Waals surface area contributed by atoms with Crippen LogP contribution in [0.4, 0.5) is 4.39 Å². The molecule has 6 nitrogen and oxygen atoms in total. The van der Waals surface area contributed by atoms with Crippen molar-refractivity contribution >= 4 is 22.7 Å². The molecule has 1 N–H and O–H groups in total. The summed E-state index contributed by atoms with van der Waals surface area (Å²) in [6.07, 6.45) is 1.82. The number of hydrogen-bond acceptors (Lipinski definition) is 3. The van der Waals surface area contributed by atoms with Gasteiger partial charge in [0.15, 0.2) is 0 Å². The molecule has 25 heavy (non-hydrogen) atoms. The lowest BCUT2D eigenvalue weighted by Gasteiger charge is -2.41. The number of fused-ring (bicyclic) bond motifs is 2. The maximum Gasteiger partial charge on any atom is 0.255 e. The average molecular weight is 343 g/mol. The molecule has 2 aliphatic rings. The van der Waals surface area contributed by atoms with Crippen molar-refractivity contribution in [1.82, 2.24) is 14.8 Å². The van der Waals surface area contributed by atoms with Gasteiger partial charge in [-0.05, 0) is 38.0 Å². The second-order valence-electron chi connectivity index (χ2n) is 6.70. The standard InChI is InChI=1S/C18H18FN3O3/c1-10-17(24)21-6-2-3-12(21)9-22(10)18(25)14-8-16(23)20-15-7-11(19)4-5-13(14)15/h4-5,7-8,10,12H,2-3,6,9H2,1H3,(H,20,23)/t10-,12+/m0/s1. The third kappa shape index (κ3) is 2.50. The Morgan fingerprint density at radius 3 is 2.88 bits per heavy atom. The van der Waals surface area contributed by atoms with Crippen LogP contribution in [0.3, 0.4) is 0 Å². The number of nitrogens with zero attached hydrogens (tertiary/aromatic N) is 2. The molecule has 0 radical (unpaired) electrons. The van der Waals surface area contributed by atoms with E-state index in [1.165, 1.54) is 29.2 Å². The average Bonchev–Trinajstić information content (AvgIpc) is 3.05. The van der Waals surface area contributed by atoms with Crippen molar-refractivity contribution in [2.45, 2.75) is 31.8 Å². The fraction of sp³-hybridized carbons (Fsp3) is 0.389. The van der Waals surface area contributed by atoms with Crippen molar-refractivity contribution < 1.29 is 14.0 Å². The topological polar surface area (TPSA) is 73.5 Å². The number of aromatic amines is 1. The zero-order chi connectivity index (χ0) is 17.7. The van der Waals surface area contributed by atoms with Gasteiger partial charge in [0.1, 0.15) is 11.9 Å². The van der Waals surface area contributed by atoms with Crippen LogP contribution < -0.4 is 5.56 Å². The molecule has 2 atom stereocenters. The Kier molecular flexibility index (Phi) is 3.59. The number of benzene rings is 1. The number of nitrogens with one attached hydrogen (secondary N) is 1. The zero-order valence-electron chi connectivity index (χ0n) is 13.8. The zero-order valence-corrected chi connectivity index (χ0v) is 13.8. The van der Waals surface area contributed by atoms with Crippen molar-refractivity contribution in [2.75, 3.05) is 13.1 Å². The van der Waals surface area contributed by atoms with Gasteiger partial charge in [-0.2, -0.15) is 0 Å². The lowest BCUT2D eigenvalue weighted by atomic mass is 10.0. The normalized spacial score (nSPS) is 23.2. The molecule has 2 aromatic rings. The molecular formula is C18H18FN3O3. The minimum absolute atomic E-state index is 0.0401. The maximum atomic E-state index is 13.4. The third-order valence-corrected chi connectivity index (χ3v) is 5.19. The third-order valence-electron chi connectivity index (χ3n) is 5.19. The number of halogens is 1. The molecule has 3 heterocycles.